The van der Waals surface area contributed by atoms with Gasteiger partial charge in [0.25, 0.3) is 5.78 Å². The highest BCUT2D eigenvalue weighted by Crippen LogP contribution is 2.23. The van der Waals surface area contributed by atoms with Crippen LogP contribution < -0.4 is 5.32 Å². The summed E-state index contributed by atoms with van der Waals surface area (Å²) in [6, 6.07) is 9.49. The number of halogens is 4. The quantitative estimate of drug-likeness (QED) is 0.666. The lowest BCUT2D eigenvalue weighted by molar-refractivity contribution is -0.165. The molecule has 0 saturated carbocycles. The van der Waals surface area contributed by atoms with Crippen molar-refractivity contribution < 1.29 is 18.0 Å². The lowest BCUT2D eigenvalue weighted by atomic mass is 10.1. The fourth-order valence-electron chi connectivity index (χ4n) is 1.22. The molecule has 0 aromatic heterocycles. The monoisotopic (exact) mass is 321 g/mol. The largest absolute Gasteiger partial charge is 0.455 e. The van der Waals surface area contributed by atoms with E-state index in [0.717, 1.165) is 11.8 Å². The minimum Gasteiger partial charge on any atom is -0.390 e. The Labute approximate surface area is 111 Å². The Morgan fingerprint density at radius 3 is 2.44 bits per heavy atom. The first kappa shape index (κ1) is 14.8. The molecule has 1 N–H and O–H groups in total. The van der Waals surface area contributed by atoms with Crippen LogP contribution in [0.1, 0.15) is 5.56 Å². The first-order valence-electron chi connectivity index (χ1n) is 5.16. The lowest BCUT2D eigenvalue weighted by Gasteiger charge is -2.05. The third-order valence-electron chi connectivity index (χ3n) is 2.10. The van der Waals surface area contributed by atoms with E-state index >= 15 is 0 Å². The van der Waals surface area contributed by atoms with Gasteiger partial charge in [-0.3, -0.25) is 4.79 Å². The first-order chi connectivity index (χ1) is 8.41. The van der Waals surface area contributed by atoms with E-state index in [4.69, 9.17) is 0 Å². The molecule has 98 valence electrons. The Kier molecular flexibility index (Phi) is 5.40. The number of allylic oxidation sites excluding steroid dienone is 1. The molecule has 0 aliphatic heterocycles. The highest BCUT2D eigenvalue weighted by atomic mass is 79.9. The van der Waals surface area contributed by atoms with Gasteiger partial charge in [0.15, 0.2) is 0 Å². The number of ketones is 1. The van der Waals surface area contributed by atoms with Crippen molar-refractivity contribution in [2.75, 3.05) is 6.54 Å². The van der Waals surface area contributed by atoms with E-state index in [9.17, 15) is 18.0 Å². The molecule has 0 bridgehead atoms. The summed E-state index contributed by atoms with van der Waals surface area (Å²) in [6.07, 6.45) is -3.16. The Hall–Kier alpha value is -1.30. The standard InChI is InChI=1S/C12H11BrF3NO/c13-10(11(18)12(14,15)16)8-17-7-6-9-4-2-1-3-5-9/h1-5,8,17H,6-7H2/b10-8-. The minimum atomic E-state index is -4.85. The number of benzene rings is 1. The van der Waals surface area contributed by atoms with Gasteiger partial charge in [0.2, 0.25) is 0 Å². The van der Waals surface area contributed by atoms with E-state index in [-0.39, 0.29) is 0 Å². The molecule has 0 amide bonds. The van der Waals surface area contributed by atoms with Gasteiger partial charge in [-0.05, 0) is 27.9 Å². The molecule has 0 atom stereocenters. The smallest absolute Gasteiger partial charge is 0.390 e. The average Bonchev–Trinajstić information content (AvgIpc) is 2.33. The summed E-state index contributed by atoms with van der Waals surface area (Å²) in [5.41, 5.74) is 1.07. The van der Waals surface area contributed by atoms with Crippen molar-refractivity contribution >= 4 is 21.7 Å². The molecule has 1 rings (SSSR count). The van der Waals surface area contributed by atoms with Gasteiger partial charge in [0, 0.05) is 12.7 Å². The van der Waals surface area contributed by atoms with Crippen LogP contribution in [0, 0.1) is 0 Å². The predicted octanol–water partition coefficient (Wildman–Crippen LogP) is 3.19. The second kappa shape index (κ2) is 6.58. The van der Waals surface area contributed by atoms with E-state index < -0.39 is 16.4 Å². The van der Waals surface area contributed by atoms with E-state index in [1.165, 1.54) is 0 Å². The molecule has 18 heavy (non-hydrogen) atoms. The zero-order valence-corrected chi connectivity index (χ0v) is 10.9. The van der Waals surface area contributed by atoms with E-state index in [2.05, 4.69) is 21.2 Å². The molecule has 0 aliphatic carbocycles. The number of Topliss-reactive ketones (excluding diaryl/α,β-unsaturated/α-hetero) is 1. The summed E-state index contributed by atoms with van der Waals surface area (Å²) in [7, 11) is 0. The van der Waals surface area contributed by atoms with Gasteiger partial charge in [-0.15, -0.1) is 0 Å². The summed E-state index contributed by atoms with van der Waals surface area (Å²) in [6.45, 7) is 0.449. The van der Waals surface area contributed by atoms with Crippen molar-refractivity contribution in [3.8, 4) is 0 Å². The number of hydrogen-bond donors (Lipinski definition) is 1. The zero-order chi connectivity index (χ0) is 13.6. The molecule has 0 saturated heterocycles. The molecule has 1 aromatic carbocycles. The summed E-state index contributed by atoms with van der Waals surface area (Å²) < 4.78 is 35.6. The van der Waals surface area contributed by atoms with Crippen LogP contribution in [0.25, 0.3) is 0 Å². The number of carbonyl (C=O) groups excluding carboxylic acids is 1. The molecular weight excluding hydrogens is 311 g/mol. The van der Waals surface area contributed by atoms with Crippen LogP contribution in [-0.2, 0) is 11.2 Å². The van der Waals surface area contributed by atoms with Gasteiger partial charge in [-0.1, -0.05) is 30.3 Å². The molecule has 1 aromatic rings. The second-order valence-electron chi connectivity index (χ2n) is 3.51. The fraction of sp³-hybridized carbons (Fsp3) is 0.250. The molecule has 0 radical (unpaired) electrons. The van der Waals surface area contributed by atoms with Crippen molar-refractivity contribution in [1.82, 2.24) is 5.32 Å². The molecule has 0 spiro atoms. The topological polar surface area (TPSA) is 29.1 Å². The van der Waals surface area contributed by atoms with Crippen LogP contribution in [0.3, 0.4) is 0 Å². The Morgan fingerprint density at radius 2 is 1.89 bits per heavy atom. The average molecular weight is 322 g/mol. The summed E-state index contributed by atoms with van der Waals surface area (Å²) in [4.78, 5) is 10.7. The third kappa shape index (κ3) is 4.91. The number of rotatable bonds is 5. The number of hydrogen-bond acceptors (Lipinski definition) is 2. The summed E-state index contributed by atoms with van der Waals surface area (Å²) >= 11 is 2.59. The second-order valence-corrected chi connectivity index (χ2v) is 4.36. The van der Waals surface area contributed by atoms with E-state index in [0.29, 0.717) is 13.0 Å². The van der Waals surface area contributed by atoms with Crippen molar-refractivity contribution in [2.45, 2.75) is 12.6 Å². The van der Waals surface area contributed by atoms with Crippen molar-refractivity contribution in [3.05, 3.63) is 46.6 Å². The highest BCUT2D eigenvalue weighted by Gasteiger charge is 2.39. The number of alkyl halides is 3. The molecule has 0 fully saturated rings. The van der Waals surface area contributed by atoms with Crippen LogP contribution in [-0.4, -0.2) is 18.5 Å². The Bertz CT molecular complexity index is 429. The van der Waals surface area contributed by atoms with Gasteiger partial charge in [-0.25, -0.2) is 0 Å². The summed E-state index contributed by atoms with van der Waals surface area (Å²) in [5, 5.41) is 2.66. The minimum absolute atomic E-state index is 0.449. The maximum atomic E-state index is 12.0. The van der Waals surface area contributed by atoms with Gasteiger partial charge in [-0.2, -0.15) is 13.2 Å². The van der Waals surface area contributed by atoms with Crippen LogP contribution in [0.4, 0.5) is 13.2 Å². The predicted molar refractivity (Wildman–Crippen MR) is 66.2 cm³/mol. The maximum Gasteiger partial charge on any atom is 0.455 e. The van der Waals surface area contributed by atoms with Crippen molar-refractivity contribution in [1.29, 1.82) is 0 Å². The lowest BCUT2D eigenvalue weighted by Crippen LogP contribution is -2.24. The highest BCUT2D eigenvalue weighted by molar-refractivity contribution is 9.12. The Balaban J connectivity index is 2.39. The normalized spacial score (nSPS) is 12.3. The van der Waals surface area contributed by atoms with Crippen molar-refractivity contribution in [2.24, 2.45) is 0 Å². The molecule has 0 unspecified atom stereocenters. The Morgan fingerprint density at radius 1 is 1.28 bits per heavy atom. The molecule has 2 nitrogen and oxygen atoms in total. The van der Waals surface area contributed by atoms with E-state index in [1.54, 1.807) is 0 Å². The van der Waals surface area contributed by atoms with Gasteiger partial charge >= 0.3 is 6.18 Å². The number of nitrogens with one attached hydrogen (secondary N) is 1. The maximum absolute atomic E-state index is 12.0. The molecule has 0 heterocycles. The first-order valence-corrected chi connectivity index (χ1v) is 5.95. The third-order valence-corrected chi connectivity index (χ3v) is 2.69. The number of carbonyl (C=O) groups is 1. The van der Waals surface area contributed by atoms with Crippen LogP contribution in [0.5, 0.6) is 0 Å². The SMILES string of the molecule is O=C(/C(Br)=C/NCCc1ccccc1)C(F)(F)F. The van der Waals surface area contributed by atoms with Crippen LogP contribution in [0.15, 0.2) is 41.0 Å². The van der Waals surface area contributed by atoms with Gasteiger partial charge in [0.1, 0.15) is 0 Å². The van der Waals surface area contributed by atoms with E-state index in [1.807, 2.05) is 30.3 Å². The van der Waals surface area contributed by atoms with Crippen LogP contribution in [0.2, 0.25) is 0 Å². The molecule has 6 heteroatoms. The van der Waals surface area contributed by atoms with Gasteiger partial charge in [0.05, 0.1) is 4.48 Å². The molecule has 0 aliphatic rings. The van der Waals surface area contributed by atoms with Gasteiger partial charge < -0.3 is 5.32 Å². The molecular formula is C12H11BrF3NO. The zero-order valence-electron chi connectivity index (χ0n) is 9.30. The van der Waals surface area contributed by atoms with Crippen LogP contribution >= 0.6 is 15.9 Å². The fourth-order valence-corrected chi connectivity index (χ4v) is 1.61. The van der Waals surface area contributed by atoms with Crippen molar-refractivity contribution in [3.63, 3.8) is 0 Å². The summed E-state index contributed by atoms with van der Waals surface area (Å²) in [5.74, 6) is -1.89.